The van der Waals surface area contributed by atoms with Crippen LogP contribution >= 0.6 is 0 Å². The summed E-state index contributed by atoms with van der Waals surface area (Å²) in [4.78, 5) is 13.6. The Morgan fingerprint density at radius 3 is 2.41 bits per heavy atom. The predicted octanol–water partition coefficient (Wildman–Crippen LogP) is -0.231. The molecule has 1 amide bonds. The van der Waals surface area contributed by atoms with E-state index in [9.17, 15) is 13.2 Å². The monoisotopic (exact) mass is 263 g/mol. The van der Waals surface area contributed by atoms with E-state index in [1.807, 2.05) is 13.8 Å². The maximum atomic E-state index is 11.8. The molecule has 1 aliphatic rings. The van der Waals surface area contributed by atoms with Crippen molar-refractivity contribution in [1.29, 1.82) is 0 Å². The lowest BCUT2D eigenvalue weighted by Crippen LogP contribution is -2.56. The van der Waals surface area contributed by atoms with Crippen molar-refractivity contribution in [3.8, 4) is 0 Å². The molecule has 0 aliphatic carbocycles. The van der Waals surface area contributed by atoms with Crippen molar-refractivity contribution in [1.82, 2.24) is 9.21 Å². The largest absolute Gasteiger partial charge is 0.340 e. The van der Waals surface area contributed by atoms with E-state index in [1.165, 1.54) is 4.31 Å². The van der Waals surface area contributed by atoms with Gasteiger partial charge in [0.05, 0.1) is 0 Å². The molecule has 0 aromatic rings. The molecule has 7 heteroatoms. The van der Waals surface area contributed by atoms with E-state index in [1.54, 1.807) is 11.8 Å². The van der Waals surface area contributed by atoms with E-state index in [4.69, 9.17) is 5.14 Å². The van der Waals surface area contributed by atoms with Crippen LogP contribution in [0.3, 0.4) is 0 Å². The predicted molar refractivity (Wildman–Crippen MR) is 65.3 cm³/mol. The normalized spacial score (nSPS) is 23.1. The first-order chi connectivity index (χ1) is 7.71. The van der Waals surface area contributed by atoms with Gasteiger partial charge in [0.2, 0.25) is 5.91 Å². The summed E-state index contributed by atoms with van der Waals surface area (Å²) in [5, 5.41) is 5.10. The molecule has 100 valence electrons. The van der Waals surface area contributed by atoms with Crippen molar-refractivity contribution in [3.63, 3.8) is 0 Å². The van der Waals surface area contributed by atoms with Crippen molar-refractivity contribution < 1.29 is 13.2 Å². The number of piperazine rings is 1. The smallest absolute Gasteiger partial charge is 0.277 e. The van der Waals surface area contributed by atoms with Gasteiger partial charge in [0.15, 0.2) is 0 Å². The lowest BCUT2D eigenvalue weighted by Gasteiger charge is -2.38. The maximum absolute atomic E-state index is 11.8. The van der Waals surface area contributed by atoms with Gasteiger partial charge >= 0.3 is 0 Å². The van der Waals surface area contributed by atoms with E-state index in [0.717, 1.165) is 0 Å². The minimum atomic E-state index is -3.65. The molecule has 1 unspecified atom stereocenters. The second-order valence-electron chi connectivity index (χ2n) is 4.94. The number of amides is 1. The Morgan fingerprint density at radius 2 is 2.00 bits per heavy atom. The van der Waals surface area contributed by atoms with Gasteiger partial charge in [-0.1, -0.05) is 13.8 Å². The van der Waals surface area contributed by atoms with Crippen LogP contribution in [-0.4, -0.2) is 49.2 Å². The molecule has 0 spiro atoms. The first-order valence-corrected chi connectivity index (χ1v) is 7.29. The first kappa shape index (κ1) is 14.4. The standard InChI is InChI=1S/C10H21N3O3S/c1-8(2)6-10(14)12-4-5-13(9(3)7-12)17(11,15)16/h8-9H,4-7H2,1-3H3,(H2,11,15,16). The molecule has 0 aromatic heterocycles. The van der Waals surface area contributed by atoms with E-state index in [2.05, 4.69) is 0 Å². The Kier molecular flexibility index (Phi) is 4.51. The molecule has 6 nitrogen and oxygen atoms in total. The number of hydrogen-bond donors (Lipinski definition) is 1. The summed E-state index contributed by atoms with van der Waals surface area (Å²) in [5.41, 5.74) is 0. The lowest BCUT2D eigenvalue weighted by molar-refractivity contribution is -0.133. The average Bonchev–Trinajstić information content (AvgIpc) is 2.14. The summed E-state index contributed by atoms with van der Waals surface area (Å²) in [6, 6.07) is -0.255. The van der Waals surface area contributed by atoms with E-state index in [0.29, 0.717) is 25.4 Å². The number of hydrogen-bond acceptors (Lipinski definition) is 3. The number of rotatable bonds is 3. The van der Waals surface area contributed by atoms with Crippen LogP contribution < -0.4 is 5.14 Å². The van der Waals surface area contributed by atoms with Crippen LogP contribution in [0.1, 0.15) is 27.2 Å². The van der Waals surface area contributed by atoms with Crippen LogP contribution in [0.4, 0.5) is 0 Å². The van der Waals surface area contributed by atoms with E-state index >= 15 is 0 Å². The third-order valence-electron chi connectivity index (χ3n) is 2.83. The second kappa shape index (κ2) is 5.32. The number of nitrogens with zero attached hydrogens (tertiary/aromatic N) is 2. The van der Waals surface area contributed by atoms with Crippen LogP contribution in [-0.2, 0) is 15.0 Å². The Hall–Kier alpha value is -0.660. The molecule has 1 heterocycles. The molecule has 1 rings (SSSR count). The van der Waals surface area contributed by atoms with Gasteiger partial charge in [-0.15, -0.1) is 0 Å². The molecule has 2 N–H and O–H groups in total. The van der Waals surface area contributed by atoms with Gasteiger partial charge in [-0.3, -0.25) is 4.79 Å². The van der Waals surface area contributed by atoms with E-state index in [-0.39, 0.29) is 18.5 Å². The average molecular weight is 263 g/mol. The molecule has 0 aromatic carbocycles. The highest BCUT2D eigenvalue weighted by atomic mass is 32.2. The quantitative estimate of drug-likeness (QED) is 0.763. The van der Waals surface area contributed by atoms with Crippen molar-refractivity contribution >= 4 is 16.1 Å². The van der Waals surface area contributed by atoms with Gasteiger partial charge in [-0.25, -0.2) is 5.14 Å². The summed E-state index contributed by atoms with van der Waals surface area (Å²) >= 11 is 0. The Morgan fingerprint density at radius 1 is 1.41 bits per heavy atom. The zero-order chi connectivity index (χ0) is 13.2. The topological polar surface area (TPSA) is 83.7 Å². The maximum Gasteiger partial charge on any atom is 0.277 e. The van der Waals surface area contributed by atoms with Gasteiger partial charge in [-0.2, -0.15) is 12.7 Å². The Balaban J connectivity index is 2.61. The highest BCUT2D eigenvalue weighted by molar-refractivity contribution is 7.86. The molecule has 1 fully saturated rings. The van der Waals surface area contributed by atoms with E-state index < -0.39 is 10.2 Å². The van der Waals surface area contributed by atoms with Crippen LogP contribution in [0.2, 0.25) is 0 Å². The zero-order valence-corrected chi connectivity index (χ0v) is 11.4. The third kappa shape index (κ3) is 3.93. The molecule has 1 saturated heterocycles. The zero-order valence-electron chi connectivity index (χ0n) is 10.6. The highest BCUT2D eigenvalue weighted by Crippen LogP contribution is 2.14. The third-order valence-corrected chi connectivity index (χ3v) is 4.03. The summed E-state index contributed by atoms with van der Waals surface area (Å²) in [7, 11) is -3.65. The molecule has 0 bridgehead atoms. The molecular formula is C10H21N3O3S. The molecule has 1 aliphatic heterocycles. The first-order valence-electron chi connectivity index (χ1n) is 5.79. The van der Waals surface area contributed by atoms with Gasteiger partial charge in [0.25, 0.3) is 10.2 Å². The fourth-order valence-electron chi connectivity index (χ4n) is 2.02. The van der Waals surface area contributed by atoms with Gasteiger partial charge < -0.3 is 4.90 Å². The van der Waals surface area contributed by atoms with Crippen LogP contribution in [0.5, 0.6) is 0 Å². The molecule has 0 saturated carbocycles. The lowest BCUT2D eigenvalue weighted by atomic mass is 10.1. The van der Waals surface area contributed by atoms with Crippen molar-refractivity contribution in [2.24, 2.45) is 11.1 Å². The van der Waals surface area contributed by atoms with Crippen LogP contribution in [0.25, 0.3) is 0 Å². The highest BCUT2D eigenvalue weighted by Gasteiger charge is 2.32. The van der Waals surface area contributed by atoms with Crippen molar-refractivity contribution in [2.45, 2.75) is 33.2 Å². The summed E-state index contributed by atoms with van der Waals surface area (Å²) in [6.45, 7) is 6.86. The SMILES string of the molecule is CC(C)CC(=O)N1CCN(S(N)(=O)=O)C(C)C1. The number of carbonyl (C=O) groups excluding carboxylic acids is 1. The Bertz CT molecular complexity index is 380. The van der Waals surface area contributed by atoms with Crippen LogP contribution in [0.15, 0.2) is 0 Å². The van der Waals surface area contributed by atoms with Crippen molar-refractivity contribution in [3.05, 3.63) is 0 Å². The minimum absolute atomic E-state index is 0.0842. The number of nitrogens with two attached hydrogens (primary N) is 1. The molecule has 0 radical (unpaired) electrons. The molecular weight excluding hydrogens is 242 g/mol. The number of carbonyl (C=O) groups is 1. The summed E-state index contributed by atoms with van der Waals surface area (Å²) < 4.78 is 23.7. The fraction of sp³-hybridized carbons (Fsp3) is 0.900. The summed E-state index contributed by atoms with van der Waals surface area (Å²) in [6.07, 6.45) is 0.502. The Labute approximate surface area is 103 Å². The molecule has 1 atom stereocenters. The summed E-state index contributed by atoms with van der Waals surface area (Å²) in [5.74, 6) is 0.398. The van der Waals surface area contributed by atoms with Gasteiger partial charge in [0, 0.05) is 32.1 Å². The minimum Gasteiger partial charge on any atom is -0.340 e. The molecule has 17 heavy (non-hydrogen) atoms. The van der Waals surface area contributed by atoms with Gasteiger partial charge in [-0.05, 0) is 12.8 Å². The van der Waals surface area contributed by atoms with Crippen molar-refractivity contribution in [2.75, 3.05) is 19.6 Å². The second-order valence-corrected chi connectivity index (χ2v) is 6.44. The van der Waals surface area contributed by atoms with Crippen LogP contribution in [0, 0.1) is 5.92 Å². The fourth-order valence-corrected chi connectivity index (χ4v) is 2.93. The van der Waals surface area contributed by atoms with Gasteiger partial charge in [0.1, 0.15) is 0 Å².